The first kappa shape index (κ1) is 15.1. The Hall–Kier alpha value is -0.980. The number of nitrogens with two attached hydrogens (primary N) is 1. The summed E-state index contributed by atoms with van der Waals surface area (Å²) in [6.45, 7) is 0.547. The molecule has 0 aliphatic heterocycles. The number of carbonyl (C=O) groups is 1. The van der Waals surface area contributed by atoms with E-state index in [0.717, 1.165) is 4.47 Å². The van der Waals surface area contributed by atoms with Gasteiger partial charge in [0.25, 0.3) is 0 Å². The summed E-state index contributed by atoms with van der Waals surface area (Å²) in [6.07, 6.45) is -0.0964. The fourth-order valence-corrected chi connectivity index (χ4v) is 1.80. The molecule has 0 aliphatic carbocycles. The predicted molar refractivity (Wildman–Crippen MR) is 70.4 cm³/mol. The Morgan fingerprint density at radius 1 is 1.61 bits per heavy atom. The third-order valence-corrected chi connectivity index (χ3v) is 3.27. The lowest BCUT2D eigenvalue weighted by Crippen LogP contribution is -2.32. The molecular weight excluding hydrogens is 303 g/mol. The number of benzene rings is 1. The molecule has 3 N–H and O–H groups in total. The van der Waals surface area contributed by atoms with Crippen LogP contribution in [-0.4, -0.2) is 25.7 Å². The van der Waals surface area contributed by atoms with Crippen LogP contribution in [-0.2, 0) is 16.1 Å². The highest BCUT2D eigenvalue weighted by Gasteiger charge is 2.11. The zero-order valence-corrected chi connectivity index (χ0v) is 11.7. The van der Waals surface area contributed by atoms with E-state index in [0.29, 0.717) is 5.56 Å². The van der Waals surface area contributed by atoms with Crippen LogP contribution in [0.5, 0.6) is 0 Å². The van der Waals surface area contributed by atoms with E-state index in [9.17, 15) is 9.18 Å². The maximum absolute atomic E-state index is 13.0. The number of nitrogens with one attached hydrogen (secondary N) is 1. The smallest absolute Gasteiger partial charge is 0.222 e. The van der Waals surface area contributed by atoms with Gasteiger partial charge in [-0.2, -0.15) is 0 Å². The number of methoxy groups -OCH3 is 1. The van der Waals surface area contributed by atoms with Gasteiger partial charge >= 0.3 is 0 Å². The van der Waals surface area contributed by atoms with E-state index in [4.69, 9.17) is 10.5 Å². The van der Waals surface area contributed by atoms with Gasteiger partial charge in [0.1, 0.15) is 5.82 Å². The number of hydrogen-bond donors (Lipinski definition) is 2. The third-order valence-electron chi connectivity index (χ3n) is 2.49. The highest BCUT2D eigenvalue weighted by Crippen LogP contribution is 2.17. The fraction of sp³-hybridized carbons (Fsp3) is 0.417. The van der Waals surface area contributed by atoms with Crippen molar-refractivity contribution in [1.82, 2.24) is 5.32 Å². The molecule has 1 aromatic carbocycles. The Balaban J connectivity index is 2.49. The molecule has 0 aliphatic rings. The van der Waals surface area contributed by atoms with Gasteiger partial charge < -0.3 is 15.8 Å². The van der Waals surface area contributed by atoms with E-state index in [-0.39, 0.29) is 37.3 Å². The van der Waals surface area contributed by atoms with E-state index in [2.05, 4.69) is 21.2 Å². The second-order valence-electron chi connectivity index (χ2n) is 3.81. The molecule has 0 spiro atoms. The van der Waals surface area contributed by atoms with Gasteiger partial charge in [0.05, 0.1) is 12.5 Å². The Morgan fingerprint density at radius 3 is 2.94 bits per heavy atom. The van der Waals surface area contributed by atoms with Crippen LogP contribution in [0.25, 0.3) is 0 Å². The molecule has 0 heterocycles. The van der Waals surface area contributed by atoms with Crippen molar-refractivity contribution in [1.29, 1.82) is 0 Å². The number of rotatable bonds is 6. The Morgan fingerprint density at radius 2 is 2.33 bits per heavy atom. The molecule has 6 heteroatoms. The third kappa shape index (κ3) is 4.72. The van der Waals surface area contributed by atoms with Crippen LogP contribution in [0.15, 0.2) is 22.7 Å². The minimum atomic E-state index is -0.334. The van der Waals surface area contributed by atoms with Crippen LogP contribution in [0.2, 0.25) is 0 Å². The second kappa shape index (κ2) is 7.45. The first-order valence-corrected chi connectivity index (χ1v) is 6.29. The predicted octanol–water partition coefficient (Wildman–Crippen LogP) is 1.57. The number of hydrogen-bond acceptors (Lipinski definition) is 3. The van der Waals surface area contributed by atoms with Gasteiger partial charge in [0.15, 0.2) is 0 Å². The normalized spacial score (nSPS) is 12.2. The molecule has 0 bridgehead atoms. The molecule has 0 saturated heterocycles. The molecule has 0 radical (unpaired) electrons. The summed E-state index contributed by atoms with van der Waals surface area (Å²) in [6, 6.07) is 4.33. The van der Waals surface area contributed by atoms with Gasteiger partial charge in [0, 0.05) is 24.7 Å². The van der Waals surface area contributed by atoms with E-state index in [1.807, 2.05) is 0 Å². The number of carbonyl (C=O) groups excluding carboxylic acids is 1. The van der Waals surface area contributed by atoms with Crippen molar-refractivity contribution in [3.63, 3.8) is 0 Å². The monoisotopic (exact) mass is 318 g/mol. The highest BCUT2D eigenvalue weighted by molar-refractivity contribution is 9.10. The van der Waals surface area contributed by atoms with Crippen LogP contribution < -0.4 is 11.1 Å². The first-order valence-electron chi connectivity index (χ1n) is 5.50. The molecule has 100 valence electrons. The van der Waals surface area contributed by atoms with Crippen molar-refractivity contribution in [2.24, 2.45) is 5.73 Å². The second-order valence-corrected chi connectivity index (χ2v) is 4.66. The van der Waals surface area contributed by atoms with Gasteiger partial charge in [0.2, 0.25) is 5.91 Å². The molecule has 1 aromatic rings. The molecule has 0 aromatic heterocycles. The molecule has 0 fully saturated rings. The molecule has 1 amide bonds. The lowest BCUT2D eigenvalue weighted by molar-refractivity contribution is -0.123. The largest absolute Gasteiger partial charge is 0.380 e. The van der Waals surface area contributed by atoms with Crippen molar-refractivity contribution in [2.75, 3.05) is 13.7 Å². The molecule has 4 nitrogen and oxygen atoms in total. The highest BCUT2D eigenvalue weighted by atomic mass is 79.9. The van der Waals surface area contributed by atoms with Crippen LogP contribution in [0.3, 0.4) is 0 Å². The summed E-state index contributed by atoms with van der Waals surface area (Å²) in [5, 5.41) is 2.69. The maximum Gasteiger partial charge on any atom is 0.222 e. The van der Waals surface area contributed by atoms with Gasteiger partial charge in [-0.15, -0.1) is 0 Å². The SMILES string of the molecule is COC(CN)CC(=O)NCc1cc(F)ccc1Br. The van der Waals surface area contributed by atoms with E-state index in [1.165, 1.54) is 19.2 Å². The van der Waals surface area contributed by atoms with Crippen molar-refractivity contribution < 1.29 is 13.9 Å². The molecule has 1 unspecified atom stereocenters. The zero-order chi connectivity index (χ0) is 13.5. The Kier molecular flexibility index (Phi) is 6.24. The van der Waals surface area contributed by atoms with E-state index >= 15 is 0 Å². The maximum atomic E-state index is 13.0. The van der Waals surface area contributed by atoms with Gasteiger partial charge in [-0.25, -0.2) is 4.39 Å². The standard InChI is InChI=1S/C12H16BrFN2O2/c1-18-10(6-15)5-12(17)16-7-8-4-9(14)2-3-11(8)13/h2-4,10H,5-7,15H2,1H3,(H,16,17). The Bertz CT molecular complexity index is 411. The van der Waals surface area contributed by atoms with Gasteiger partial charge in [-0.1, -0.05) is 15.9 Å². The van der Waals surface area contributed by atoms with Crippen molar-refractivity contribution in [2.45, 2.75) is 19.1 Å². The van der Waals surface area contributed by atoms with Crippen molar-refractivity contribution >= 4 is 21.8 Å². The Labute approximate surface area is 114 Å². The molecule has 1 atom stereocenters. The minimum Gasteiger partial charge on any atom is -0.380 e. The van der Waals surface area contributed by atoms with Crippen molar-refractivity contribution in [3.8, 4) is 0 Å². The van der Waals surface area contributed by atoms with E-state index in [1.54, 1.807) is 6.07 Å². The number of ether oxygens (including phenoxy) is 1. The van der Waals surface area contributed by atoms with Crippen LogP contribution in [0, 0.1) is 5.82 Å². The van der Waals surface area contributed by atoms with Crippen LogP contribution >= 0.6 is 15.9 Å². The van der Waals surface area contributed by atoms with Crippen molar-refractivity contribution in [3.05, 3.63) is 34.1 Å². The molecule has 0 saturated carbocycles. The fourth-order valence-electron chi connectivity index (χ4n) is 1.41. The van der Waals surface area contributed by atoms with E-state index < -0.39 is 0 Å². The number of amides is 1. The average Bonchev–Trinajstić information content (AvgIpc) is 2.37. The van der Waals surface area contributed by atoms with Crippen LogP contribution in [0.4, 0.5) is 4.39 Å². The summed E-state index contributed by atoms with van der Waals surface area (Å²) in [5.41, 5.74) is 6.11. The molecular formula is C12H16BrFN2O2. The van der Waals surface area contributed by atoms with Gasteiger partial charge in [-0.05, 0) is 23.8 Å². The number of halogens is 2. The zero-order valence-electron chi connectivity index (χ0n) is 10.1. The lowest BCUT2D eigenvalue weighted by atomic mass is 10.2. The summed E-state index contributed by atoms with van der Waals surface area (Å²) in [5.74, 6) is -0.511. The average molecular weight is 319 g/mol. The lowest BCUT2D eigenvalue weighted by Gasteiger charge is -2.13. The summed E-state index contributed by atoms with van der Waals surface area (Å²) >= 11 is 3.30. The van der Waals surface area contributed by atoms with Crippen LogP contribution in [0.1, 0.15) is 12.0 Å². The first-order chi connectivity index (χ1) is 8.56. The van der Waals surface area contributed by atoms with Gasteiger partial charge in [-0.3, -0.25) is 4.79 Å². The topological polar surface area (TPSA) is 64.3 Å². The molecule has 1 rings (SSSR count). The summed E-state index contributed by atoms with van der Waals surface area (Å²) < 4.78 is 18.8. The summed E-state index contributed by atoms with van der Waals surface area (Å²) in [7, 11) is 1.51. The summed E-state index contributed by atoms with van der Waals surface area (Å²) in [4.78, 5) is 11.6. The molecule has 18 heavy (non-hydrogen) atoms. The quantitative estimate of drug-likeness (QED) is 0.836. The minimum absolute atomic E-state index is 0.177.